The molecule has 0 aliphatic heterocycles. The molecular weight excluding hydrogens is 358 g/mol. The maximum Gasteiger partial charge on any atom is 0.255 e. The van der Waals surface area contributed by atoms with E-state index in [9.17, 15) is 4.79 Å². The largest absolute Gasteiger partial charge is 0.328 e. The SMILES string of the molecule is O=c1cc(Cn2cncc2C(Cl)c2ccccc2)ccn1-c1ccccc1. The fourth-order valence-corrected chi connectivity index (χ4v) is 3.41. The topological polar surface area (TPSA) is 39.8 Å². The van der Waals surface area contributed by atoms with Gasteiger partial charge >= 0.3 is 0 Å². The van der Waals surface area contributed by atoms with Gasteiger partial charge < -0.3 is 4.57 Å². The second kappa shape index (κ2) is 7.64. The number of para-hydroxylation sites is 1. The number of hydrogen-bond donors (Lipinski definition) is 0. The minimum Gasteiger partial charge on any atom is -0.328 e. The van der Waals surface area contributed by atoms with Gasteiger partial charge in [-0.25, -0.2) is 4.98 Å². The summed E-state index contributed by atoms with van der Waals surface area (Å²) in [6.45, 7) is 0.538. The lowest BCUT2D eigenvalue weighted by Gasteiger charge is -2.14. The Morgan fingerprint density at radius 3 is 2.37 bits per heavy atom. The van der Waals surface area contributed by atoms with Gasteiger partial charge in [-0.2, -0.15) is 0 Å². The summed E-state index contributed by atoms with van der Waals surface area (Å²) in [5.41, 5.74) is 3.60. The van der Waals surface area contributed by atoms with Gasteiger partial charge in [0.25, 0.3) is 5.56 Å². The van der Waals surface area contributed by atoms with Crippen LogP contribution in [0.1, 0.15) is 22.2 Å². The Hall–Kier alpha value is -3.11. The van der Waals surface area contributed by atoms with Gasteiger partial charge in [0, 0.05) is 30.7 Å². The molecule has 4 nitrogen and oxygen atoms in total. The first kappa shape index (κ1) is 17.3. The van der Waals surface area contributed by atoms with Crippen molar-refractivity contribution >= 4 is 11.6 Å². The van der Waals surface area contributed by atoms with Gasteiger partial charge in [-0.05, 0) is 29.3 Å². The van der Waals surface area contributed by atoms with Crippen molar-refractivity contribution in [1.82, 2.24) is 14.1 Å². The van der Waals surface area contributed by atoms with Crippen LogP contribution in [0.4, 0.5) is 0 Å². The third kappa shape index (κ3) is 3.71. The van der Waals surface area contributed by atoms with Crippen LogP contribution in [0.2, 0.25) is 0 Å². The van der Waals surface area contributed by atoms with E-state index in [2.05, 4.69) is 4.98 Å². The summed E-state index contributed by atoms with van der Waals surface area (Å²) < 4.78 is 3.61. The number of aromatic nitrogens is 3. The van der Waals surface area contributed by atoms with E-state index in [1.807, 2.05) is 71.3 Å². The Balaban J connectivity index is 1.60. The predicted molar refractivity (Wildman–Crippen MR) is 108 cm³/mol. The van der Waals surface area contributed by atoms with Gasteiger partial charge in [-0.1, -0.05) is 48.5 Å². The first-order valence-corrected chi connectivity index (χ1v) is 9.12. The maximum absolute atomic E-state index is 12.5. The third-order valence-corrected chi connectivity index (χ3v) is 4.94. The fraction of sp³-hybridized carbons (Fsp3) is 0.0909. The standard InChI is InChI=1S/C22H18ClN3O/c23-22(18-7-3-1-4-8-18)20-14-24-16-25(20)15-17-11-12-26(21(27)13-17)19-9-5-2-6-10-19/h1-14,16,22H,15H2. The highest BCUT2D eigenvalue weighted by molar-refractivity contribution is 6.22. The third-order valence-electron chi connectivity index (χ3n) is 4.47. The van der Waals surface area contributed by atoms with Crippen LogP contribution in [0.25, 0.3) is 5.69 Å². The van der Waals surface area contributed by atoms with E-state index in [0.717, 1.165) is 22.5 Å². The van der Waals surface area contributed by atoms with Gasteiger partial charge in [0.15, 0.2) is 0 Å². The Morgan fingerprint density at radius 1 is 0.963 bits per heavy atom. The maximum atomic E-state index is 12.5. The Morgan fingerprint density at radius 2 is 1.67 bits per heavy atom. The molecule has 1 atom stereocenters. The smallest absolute Gasteiger partial charge is 0.255 e. The van der Waals surface area contributed by atoms with Gasteiger partial charge in [0.05, 0.1) is 12.0 Å². The first-order valence-electron chi connectivity index (χ1n) is 8.68. The average Bonchev–Trinajstić information content (AvgIpc) is 3.17. The minimum absolute atomic E-state index is 0.0640. The molecule has 0 radical (unpaired) electrons. The second-order valence-electron chi connectivity index (χ2n) is 6.30. The molecule has 0 amide bonds. The molecular formula is C22H18ClN3O. The molecule has 0 N–H and O–H groups in total. The van der Waals surface area contributed by atoms with Crippen molar-refractivity contribution in [1.29, 1.82) is 0 Å². The zero-order valence-electron chi connectivity index (χ0n) is 14.6. The molecule has 0 saturated heterocycles. The number of hydrogen-bond acceptors (Lipinski definition) is 2. The van der Waals surface area contributed by atoms with Crippen molar-refractivity contribution in [3.05, 3.63) is 119 Å². The van der Waals surface area contributed by atoms with Gasteiger partial charge in [-0.15, -0.1) is 11.6 Å². The van der Waals surface area contributed by atoms with Gasteiger partial charge in [0.1, 0.15) is 5.38 Å². The van der Waals surface area contributed by atoms with E-state index in [0.29, 0.717) is 6.54 Å². The van der Waals surface area contributed by atoms with Crippen molar-refractivity contribution in [3.8, 4) is 5.69 Å². The molecule has 27 heavy (non-hydrogen) atoms. The Bertz CT molecular complexity index is 1090. The van der Waals surface area contributed by atoms with Crippen LogP contribution in [0.15, 0.2) is 96.3 Å². The van der Waals surface area contributed by atoms with Crippen LogP contribution in [-0.4, -0.2) is 14.1 Å². The van der Waals surface area contributed by atoms with E-state index in [1.54, 1.807) is 29.4 Å². The van der Waals surface area contributed by atoms with Crippen LogP contribution >= 0.6 is 11.6 Å². The number of rotatable bonds is 5. The molecule has 2 aromatic heterocycles. The number of nitrogens with zero attached hydrogens (tertiary/aromatic N) is 3. The molecule has 0 fully saturated rings. The number of alkyl halides is 1. The fourth-order valence-electron chi connectivity index (χ4n) is 3.08. The number of pyridine rings is 1. The molecule has 134 valence electrons. The first-order chi connectivity index (χ1) is 13.2. The molecule has 5 heteroatoms. The van der Waals surface area contributed by atoms with E-state index >= 15 is 0 Å². The molecule has 0 spiro atoms. The van der Waals surface area contributed by atoms with Crippen LogP contribution < -0.4 is 5.56 Å². The highest BCUT2D eigenvalue weighted by atomic mass is 35.5. The lowest BCUT2D eigenvalue weighted by molar-refractivity contribution is 0.743. The van der Waals surface area contributed by atoms with E-state index < -0.39 is 0 Å². The van der Waals surface area contributed by atoms with Crippen LogP contribution in [-0.2, 0) is 6.54 Å². The van der Waals surface area contributed by atoms with Crippen molar-refractivity contribution in [2.45, 2.75) is 11.9 Å². The molecule has 0 saturated carbocycles. The quantitative estimate of drug-likeness (QED) is 0.485. The van der Waals surface area contributed by atoms with Gasteiger partial charge in [-0.3, -0.25) is 9.36 Å². The van der Waals surface area contributed by atoms with Crippen molar-refractivity contribution in [2.24, 2.45) is 0 Å². The lowest BCUT2D eigenvalue weighted by Crippen LogP contribution is -2.18. The summed E-state index contributed by atoms with van der Waals surface area (Å²) in [6, 6.07) is 23.1. The zero-order valence-corrected chi connectivity index (χ0v) is 15.3. The minimum atomic E-state index is -0.293. The van der Waals surface area contributed by atoms with Crippen molar-refractivity contribution in [3.63, 3.8) is 0 Å². The summed E-state index contributed by atoms with van der Waals surface area (Å²) in [5, 5.41) is -0.293. The summed E-state index contributed by atoms with van der Waals surface area (Å²) in [4.78, 5) is 16.8. The van der Waals surface area contributed by atoms with Gasteiger partial charge in [0.2, 0.25) is 0 Å². The molecule has 1 unspecified atom stereocenters. The number of halogens is 1. The summed E-state index contributed by atoms with van der Waals surface area (Å²) >= 11 is 6.65. The Labute approximate surface area is 162 Å². The molecule has 4 aromatic rings. The molecule has 0 aliphatic rings. The van der Waals surface area contributed by atoms with E-state index in [-0.39, 0.29) is 10.9 Å². The van der Waals surface area contributed by atoms with Crippen LogP contribution in [0.5, 0.6) is 0 Å². The number of imidazole rings is 1. The molecule has 0 aliphatic carbocycles. The second-order valence-corrected chi connectivity index (χ2v) is 6.73. The van der Waals surface area contributed by atoms with Crippen molar-refractivity contribution < 1.29 is 0 Å². The molecule has 0 bridgehead atoms. The van der Waals surface area contributed by atoms with Crippen molar-refractivity contribution in [2.75, 3.05) is 0 Å². The molecule has 2 aromatic carbocycles. The zero-order chi connectivity index (χ0) is 18.6. The summed E-state index contributed by atoms with van der Waals surface area (Å²) in [6.07, 6.45) is 5.32. The molecule has 2 heterocycles. The molecule has 4 rings (SSSR count). The highest BCUT2D eigenvalue weighted by Crippen LogP contribution is 2.28. The summed E-state index contributed by atoms with van der Waals surface area (Å²) in [5.74, 6) is 0. The lowest BCUT2D eigenvalue weighted by atomic mass is 10.1. The van der Waals surface area contributed by atoms with Crippen LogP contribution in [0.3, 0.4) is 0 Å². The monoisotopic (exact) mass is 375 g/mol. The predicted octanol–water partition coefficient (Wildman–Crippen LogP) is 4.41. The normalized spacial score (nSPS) is 12.0. The van der Waals surface area contributed by atoms with Crippen LogP contribution in [0, 0.1) is 0 Å². The van der Waals surface area contributed by atoms with E-state index in [1.165, 1.54) is 0 Å². The highest BCUT2D eigenvalue weighted by Gasteiger charge is 2.15. The van der Waals surface area contributed by atoms with E-state index in [4.69, 9.17) is 11.6 Å². The summed E-state index contributed by atoms with van der Waals surface area (Å²) in [7, 11) is 0. The Kier molecular flexibility index (Phi) is 4.90. The number of benzene rings is 2. The average molecular weight is 376 g/mol.